The van der Waals surface area contributed by atoms with Crippen LogP contribution in [0.2, 0.25) is 0 Å². The molecule has 2 unspecified atom stereocenters. The Hall–Kier alpha value is -3.30. The summed E-state index contributed by atoms with van der Waals surface area (Å²) in [4.78, 5) is 0. The van der Waals surface area contributed by atoms with Gasteiger partial charge in [-0.15, -0.1) is 0 Å². The van der Waals surface area contributed by atoms with E-state index in [4.69, 9.17) is 4.26 Å². The number of fused-ring (bicyclic) bond motifs is 2. The van der Waals surface area contributed by atoms with Crippen LogP contribution in [0.15, 0.2) is 121 Å². The molecule has 0 radical (unpaired) electrons. The molecule has 2 atom stereocenters. The first-order valence-corrected chi connectivity index (χ1v) is 22.6. The van der Waals surface area contributed by atoms with E-state index in [2.05, 4.69) is 153 Å². The van der Waals surface area contributed by atoms with Crippen molar-refractivity contribution >= 4 is 27.8 Å². The maximum absolute atomic E-state index is 5.58. The molecule has 0 fully saturated rings. The molecule has 3 heteroatoms. The van der Waals surface area contributed by atoms with E-state index < -0.39 is 18.6 Å². The number of para-hydroxylation sites is 2. The standard InChI is InChI=1S/2C9H7.2C7H8N.CH2.Hf/c2*1-2-5-9-7-3-6-8(9)4-1;2*1-8-7-5-3-2-4-6-7;;/h2*1-7H;2*2-6H,1H3;1H2;/q;;2*-1;;+2. The molecule has 0 saturated heterocycles. The van der Waals surface area contributed by atoms with Gasteiger partial charge in [-0.25, -0.2) is 0 Å². The van der Waals surface area contributed by atoms with Crippen molar-refractivity contribution in [2.75, 3.05) is 19.9 Å². The van der Waals surface area contributed by atoms with Crippen LogP contribution in [0.5, 0.6) is 0 Å². The van der Waals surface area contributed by atoms with E-state index in [1.54, 1.807) is 0 Å². The van der Waals surface area contributed by atoms with Crippen LogP contribution in [0.25, 0.3) is 12.2 Å². The molecule has 178 valence electrons. The van der Waals surface area contributed by atoms with E-state index in [-0.39, 0.29) is 7.35 Å². The normalized spacial score (nSPS) is 18.1. The number of nitrogens with zero attached hydrogens (tertiary/aromatic N) is 2. The van der Waals surface area contributed by atoms with Crippen molar-refractivity contribution in [2.45, 2.75) is 7.35 Å². The molecule has 0 saturated carbocycles. The number of rotatable bonds is 6. The number of hydrogen-bond donors (Lipinski definition) is 0. The van der Waals surface area contributed by atoms with Gasteiger partial charge < -0.3 is 0 Å². The summed E-state index contributed by atoms with van der Waals surface area (Å²) in [7, 11) is 4.61. The Morgan fingerprint density at radius 2 is 0.889 bits per heavy atom. The van der Waals surface area contributed by atoms with Gasteiger partial charge in [0.25, 0.3) is 0 Å². The SMILES string of the molecule is [CH2]=[Hf]([CH]1C=Cc2ccccc21)([CH]1C=Cc2ccccc21)([N](C)c1ccccc1)[N](C)c1ccccc1. The number of hydrogen-bond acceptors (Lipinski definition) is 2. The first-order chi connectivity index (χ1) is 17.5. The van der Waals surface area contributed by atoms with Gasteiger partial charge in [-0.3, -0.25) is 0 Å². The zero-order valence-corrected chi connectivity index (χ0v) is 24.6. The molecular weight excluding hydrogens is 603 g/mol. The topological polar surface area (TPSA) is 6.48 Å². The summed E-state index contributed by atoms with van der Waals surface area (Å²) in [6.45, 7) is 0. The molecule has 0 N–H and O–H groups in total. The van der Waals surface area contributed by atoms with Crippen molar-refractivity contribution in [3.05, 3.63) is 144 Å². The van der Waals surface area contributed by atoms with Gasteiger partial charge in [0.2, 0.25) is 0 Å². The Bertz CT molecular complexity index is 1420. The number of allylic oxidation sites excluding steroid dienone is 2. The van der Waals surface area contributed by atoms with Gasteiger partial charge in [0, 0.05) is 0 Å². The van der Waals surface area contributed by atoms with E-state index in [0.717, 1.165) is 0 Å². The van der Waals surface area contributed by atoms with Gasteiger partial charge >= 0.3 is 217 Å². The predicted molar refractivity (Wildman–Crippen MR) is 153 cm³/mol. The molecular formula is C33H32HfN2. The Balaban J connectivity index is 1.73. The molecule has 2 nitrogen and oxygen atoms in total. The molecule has 0 aromatic heterocycles. The zero-order chi connectivity index (χ0) is 24.8. The summed E-state index contributed by atoms with van der Waals surface area (Å²) in [5, 5.41) is 0. The Kier molecular flexibility index (Phi) is 5.57. The van der Waals surface area contributed by atoms with Gasteiger partial charge in [-0.05, 0) is 0 Å². The number of benzene rings is 4. The molecule has 4 aromatic rings. The predicted octanol–water partition coefficient (Wildman–Crippen LogP) is 7.75. The van der Waals surface area contributed by atoms with Crippen LogP contribution in [0.1, 0.15) is 29.6 Å². The average Bonchev–Trinajstić information content (AvgIpc) is 3.59. The second-order valence-corrected chi connectivity index (χ2v) is 30.3. The van der Waals surface area contributed by atoms with Gasteiger partial charge in [0.05, 0.1) is 0 Å². The van der Waals surface area contributed by atoms with Crippen molar-refractivity contribution in [1.29, 1.82) is 0 Å². The van der Waals surface area contributed by atoms with E-state index in [1.807, 2.05) is 0 Å². The number of anilines is 2. The summed E-state index contributed by atoms with van der Waals surface area (Å²) in [5.74, 6) is 0. The van der Waals surface area contributed by atoms with Crippen molar-refractivity contribution in [3.63, 3.8) is 0 Å². The molecule has 0 aliphatic heterocycles. The molecule has 0 bridgehead atoms. The van der Waals surface area contributed by atoms with Gasteiger partial charge in [0.1, 0.15) is 0 Å². The van der Waals surface area contributed by atoms with Crippen LogP contribution in [-0.4, -0.2) is 18.4 Å². The Labute approximate surface area is 216 Å². The van der Waals surface area contributed by atoms with Gasteiger partial charge in [0.15, 0.2) is 0 Å². The third kappa shape index (κ3) is 3.15. The van der Waals surface area contributed by atoms with Gasteiger partial charge in [-0.1, -0.05) is 0 Å². The molecule has 2 aliphatic carbocycles. The van der Waals surface area contributed by atoms with Crippen LogP contribution in [0, 0.1) is 0 Å². The van der Waals surface area contributed by atoms with Crippen LogP contribution in [0.3, 0.4) is 0 Å². The fourth-order valence-corrected chi connectivity index (χ4v) is 31.6. The first-order valence-electron chi connectivity index (χ1n) is 12.7. The van der Waals surface area contributed by atoms with E-state index in [0.29, 0.717) is 0 Å². The minimum absolute atomic E-state index is 0.203. The van der Waals surface area contributed by atoms with E-state index >= 15 is 0 Å². The van der Waals surface area contributed by atoms with Crippen molar-refractivity contribution in [3.8, 4) is 0 Å². The third-order valence-corrected chi connectivity index (χ3v) is 35.1. The Morgan fingerprint density at radius 1 is 0.528 bits per heavy atom. The molecule has 0 amide bonds. The van der Waals surface area contributed by atoms with Crippen LogP contribution in [0.4, 0.5) is 11.4 Å². The van der Waals surface area contributed by atoms with Crippen LogP contribution < -0.4 is 5.78 Å². The second kappa shape index (κ2) is 8.67. The molecule has 2 aliphatic rings. The summed E-state index contributed by atoms with van der Waals surface area (Å²) in [6.07, 6.45) is 9.56. The minimum atomic E-state index is -4.90. The van der Waals surface area contributed by atoms with E-state index in [1.165, 1.54) is 33.6 Å². The van der Waals surface area contributed by atoms with Gasteiger partial charge in [-0.2, -0.15) is 0 Å². The van der Waals surface area contributed by atoms with Crippen molar-refractivity contribution in [1.82, 2.24) is 0 Å². The summed E-state index contributed by atoms with van der Waals surface area (Å²) in [5.41, 5.74) is 7.86. The molecule has 0 heterocycles. The maximum atomic E-state index is 5.58. The first kappa shape index (κ1) is 23.1. The third-order valence-electron chi connectivity index (χ3n) is 8.79. The molecule has 6 rings (SSSR count). The quantitative estimate of drug-likeness (QED) is 0.200. The van der Waals surface area contributed by atoms with Crippen molar-refractivity contribution in [2.24, 2.45) is 0 Å². The monoisotopic (exact) mass is 636 g/mol. The fraction of sp³-hybridized carbons (Fsp3) is 0.121. The fourth-order valence-electron chi connectivity index (χ4n) is 6.75. The average molecular weight is 635 g/mol. The summed E-state index contributed by atoms with van der Waals surface area (Å²) >= 11 is -4.90. The molecule has 0 spiro atoms. The Morgan fingerprint density at radius 3 is 1.31 bits per heavy atom. The zero-order valence-electron chi connectivity index (χ0n) is 21.0. The van der Waals surface area contributed by atoms with Crippen LogP contribution >= 0.6 is 0 Å². The second-order valence-electron chi connectivity index (χ2n) is 10.2. The van der Waals surface area contributed by atoms with E-state index in [9.17, 15) is 0 Å². The summed E-state index contributed by atoms with van der Waals surface area (Å²) < 4.78 is 11.3. The molecule has 4 aromatic carbocycles. The van der Waals surface area contributed by atoms with Crippen molar-refractivity contribution < 1.29 is 18.6 Å². The summed E-state index contributed by atoms with van der Waals surface area (Å²) in [6, 6.07) is 39.6. The van der Waals surface area contributed by atoms with Crippen LogP contribution in [-0.2, 0) is 18.6 Å². The molecule has 36 heavy (non-hydrogen) atoms.